The van der Waals surface area contributed by atoms with E-state index in [2.05, 4.69) is 0 Å². The second-order valence-corrected chi connectivity index (χ2v) is 4.92. The van der Waals surface area contributed by atoms with Gasteiger partial charge in [-0.15, -0.1) is 11.3 Å². The highest BCUT2D eigenvalue weighted by molar-refractivity contribution is 7.19. The van der Waals surface area contributed by atoms with Crippen molar-refractivity contribution in [3.05, 3.63) is 34.7 Å². The number of hydrogen-bond donors (Lipinski definition) is 3. The molecular weight excluding hydrogens is 222 g/mol. The fourth-order valence-corrected chi connectivity index (χ4v) is 3.03. The summed E-state index contributed by atoms with van der Waals surface area (Å²) in [6.45, 7) is 2.02. The molecule has 0 amide bonds. The van der Waals surface area contributed by atoms with E-state index in [-0.39, 0.29) is 6.54 Å². The van der Waals surface area contributed by atoms with E-state index in [1.807, 2.05) is 31.2 Å². The van der Waals surface area contributed by atoms with E-state index < -0.39 is 12.2 Å². The number of nitrogens with two attached hydrogens (primary N) is 1. The largest absolute Gasteiger partial charge is 0.389 e. The van der Waals surface area contributed by atoms with E-state index >= 15 is 0 Å². The minimum atomic E-state index is -0.897. The van der Waals surface area contributed by atoms with Gasteiger partial charge in [-0.05, 0) is 23.9 Å². The fourth-order valence-electron chi connectivity index (χ4n) is 1.78. The third kappa shape index (κ3) is 1.85. The number of benzene rings is 1. The first-order valence-electron chi connectivity index (χ1n) is 5.19. The minimum absolute atomic E-state index is 0.0643. The summed E-state index contributed by atoms with van der Waals surface area (Å²) in [7, 11) is 0. The molecule has 0 spiro atoms. The fraction of sp³-hybridized carbons (Fsp3) is 0.333. The summed E-state index contributed by atoms with van der Waals surface area (Å²) < 4.78 is 1.12. The van der Waals surface area contributed by atoms with Crippen molar-refractivity contribution in [3.63, 3.8) is 0 Å². The molecular formula is C12H15NO2S. The summed E-state index contributed by atoms with van der Waals surface area (Å²) in [4.78, 5) is 0.805. The van der Waals surface area contributed by atoms with Gasteiger partial charge < -0.3 is 15.9 Å². The molecule has 16 heavy (non-hydrogen) atoms. The van der Waals surface area contributed by atoms with Crippen LogP contribution in [0.15, 0.2) is 24.3 Å². The molecule has 2 unspecified atom stereocenters. The lowest BCUT2D eigenvalue weighted by molar-refractivity contribution is 0.0263. The monoisotopic (exact) mass is 237 g/mol. The number of fused-ring (bicyclic) bond motifs is 1. The highest BCUT2D eigenvalue weighted by Crippen LogP contribution is 2.35. The normalized spacial score (nSPS) is 15.2. The molecule has 0 aliphatic carbocycles. The van der Waals surface area contributed by atoms with Crippen LogP contribution in [0.3, 0.4) is 0 Å². The van der Waals surface area contributed by atoms with Gasteiger partial charge in [0, 0.05) is 16.1 Å². The Morgan fingerprint density at radius 3 is 2.62 bits per heavy atom. The molecule has 0 radical (unpaired) electrons. The zero-order valence-electron chi connectivity index (χ0n) is 9.05. The summed E-state index contributed by atoms with van der Waals surface area (Å²) in [6, 6.07) is 7.97. The number of aliphatic hydroxyl groups is 2. The Hall–Kier alpha value is -0.940. The second-order valence-electron chi connectivity index (χ2n) is 3.84. The lowest BCUT2D eigenvalue weighted by Gasteiger charge is -2.15. The Bertz CT molecular complexity index is 495. The molecule has 0 saturated carbocycles. The molecule has 0 saturated heterocycles. The molecule has 4 heteroatoms. The number of hydrogen-bond acceptors (Lipinski definition) is 4. The first-order chi connectivity index (χ1) is 7.65. The zero-order chi connectivity index (χ0) is 11.7. The quantitative estimate of drug-likeness (QED) is 0.759. The smallest absolute Gasteiger partial charge is 0.115 e. The van der Waals surface area contributed by atoms with Gasteiger partial charge in [-0.1, -0.05) is 18.2 Å². The van der Waals surface area contributed by atoms with E-state index in [1.165, 1.54) is 11.3 Å². The maximum atomic E-state index is 9.95. The van der Waals surface area contributed by atoms with E-state index in [1.54, 1.807) is 0 Å². The van der Waals surface area contributed by atoms with E-state index in [0.29, 0.717) is 0 Å². The topological polar surface area (TPSA) is 66.5 Å². The van der Waals surface area contributed by atoms with Gasteiger partial charge in [0.05, 0.1) is 6.10 Å². The molecule has 0 fully saturated rings. The molecule has 0 aliphatic heterocycles. The van der Waals surface area contributed by atoms with Crippen LogP contribution < -0.4 is 5.73 Å². The summed E-state index contributed by atoms with van der Waals surface area (Å²) in [5.74, 6) is 0. The van der Waals surface area contributed by atoms with Crippen molar-refractivity contribution in [2.45, 2.75) is 19.1 Å². The van der Waals surface area contributed by atoms with Crippen molar-refractivity contribution in [2.75, 3.05) is 6.54 Å². The standard InChI is InChI=1S/C12H15NO2S/c1-7-8-4-2-3-5-10(8)16-12(7)11(15)9(14)6-13/h2-5,9,11,14-15H,6,13H2,1H3. The van der Waals surface area contributed by atoms with Crippen LogP contribution in [0.5, 0.6) is 0 Å². The van der Waals surface area contributed by atoms with Crippen LogP contribution in [0.2, 0.25) is 0 Å². The Morgan fingerprint density at radius 2 is 2.00 bits per heavy atom. The van der Waals surface area contributed by atoms with Crippen LogP contribution in [0.1, 0.15) is 16.5 Å². The van der Waals surface area contributed by atoms with Gasteiger partial charge in [0.25, 0.3) is 0 Å². The predicted octanol–water partition coefficient (Wildman–Crippen LogP) is 1.56. The average molecular weight is 237 g/mol. The molecule has 2 rings (SSSR count). The maximum absolute atomic E-state index is 9.95. The lowest BCUT2D eigenvalue weighted by Crippen LogP contribution is -2.26. The highest BCUT2D eigenvalue weighted by atomic mass is 32.1. The van der Waals surface area contributed by atoms with Gasteiger partial charge in [-0.25, -0.2) is 0 Å². The molecule has 1 aromatic heterocycles. The first-order valence-corrected chi connectivity index (χ1v) is 6.01. The maximum Gasteiger partial charge on any atom is 0.115 e. The van der Waals surface area contributed by atoms with Crippen molar-refractivity contribution in [1.29, 1.82) is 0 Å². The Morgan fingerprint density at radius 1 is 1.31 bits per heavy atom. The molecule has 1 heterocycles. The Kier molecular flexibility index (Phi) is 3.25. The molecule has 3 nitrogen and oxygen atoms in total. The first kappa shape index (κ1) is 11.5. The van der Waals surface area contributed by atoms with Gasteiger partial charge in [-0.3, -0.25) is 0 Å². The van der Waals surface area contributed by atoms with E-state index in [4.69, 9.17) is 5.73 Å². The van der Waals surface area contributed by atoms with E-state index in [0.717, 1.165) is 20.5 Å². The number of rotatable bonds is 3. The molecule has 0 aliphatic rings. The van der Waals surface area contributed by atoms with Gasteiger partial charge in [0.15, 0.2) is 0 Å². The van der Waals surface area contributed by atoms with Gasteiger partial charge >= 0.3 is 0 Å². The van der Waals surface area contributed by atoms with Gasteiger partial charge in [-0.2, -0.15) is 0 Å². The average Bonchev–Trinajstić information content (AvgIpc) is 2.65. The summed E-state index contributed by atoms with van der Waals surface area (Å²) in [5, 5.41) is 20.6. The van der Waals surface area contributed by atoms with Gasteiger partial charge in [0.1, 0.15) is 6.10 Å². The van der Waals surface area contributed by atoms with Crippen molar-refractivity contribution in [2.24, 2.45) is 5.73 Å². The lowest BCUT2D eigenvalue weighted by atomic mass is 10.1. The summed E-state index contributed by atoms with van der Waals surface area (Å²) in [5.41, 5.74) is 6.38. The van der Waals surface area contributed by atoms with Crippen LogP contribution in [-0.4, -0.2) is 22.9 Å². The highest BCUT2D eigenvalue weighted by Gasteiger charge is 2.21. The third-order valence-electron chi connectivity index (χ3n) is 2.76. The van der Waals surface area contributed by atoms with Crippen LogP contribution in [0.25, 0.3) is 10.1 Å². The van der Waals surface area contributed by atoms with Crippen molar-refractivity contribution >= 4 is 21.4 Å². The SMILES string of the molecule is Cc1c(C(O)C(O)CN)sc2ccccc12. The number of thiophene rings is 1. The van der Waals surface area contributed by atoms with Gasteiger partial charge in [0.2, 0.25) is 0 Å². The van der Waals surface area contributed by atoms with Crippen LogP contribution >= 0.6 is 11.3 Å². The number of aliphatic hydroxyl groups excluding tert-OH is 2. The molecule has 2 atom stereocenters. The summed E-state index contributed by atoms with van der Waals surface area (Å²) >= 11 is 1.51. The van der Waals surface area contributed by atoms with E-state index in [9.17, 15) is 10.2 Å². The molecule has 2 aromatic rings. The third-order valence-corrected chi connectivity index (χ3v) is 4.10. The molecule has 1 aromatic carbocycles. The van der Waals surface area contributed by atoms with Crippen LogP contribution in [-0.2, 0) is 0 Å². The Labute approximate surface area is 98.1 Å². The predicted molar refractivity (Wildman–Crippen MR) is 66.6 cm³/mol. The van der Waals surface area contributed by atoms with Crippen molar-refractivity contribution in [3.8, 4) is 0 Å². The zero-order valence-corrected chi connectivity index (χ0v) is 9.87. The summed E-state index contributed by atoms with van der Waals surface area (Å²) in [6.07, 6.45) is -1.78. The second kappa shape index (κ2) is 4.51. The van der Waals surface area contributed by atoms with Crippen molar-refractivity contribution in [1.82, 2.24) is 0 Å². The molecule has 0 bridgehead atoms. The molecule has 86 valence electrons. The molecule has 4 N–H and O–H groups in total. The minimum Gasteiger partial charge on any atom is -0.389 e. The van der Waals surface area contributed by atoms with Crippen LogP contribution in [0, 0.1) is 6.92 Å². The number of aryl methyl sites for hydroxylation is 1. The Balaban J connectivity index is 2.49. The van der Waals surface area contributed by atoms with Crippen molar-refractivity contribution < 1.29 is 10.2 Å². The van der Waals surface area contributed by atoms with Crippen LogP contribution in [0.4, 0.5) is 0 Å².